The first-order chi connectivity index (χ1) is 16.0. The van der Waals surface area contributed by atoms with E-state index in [-0.39, 0.29) is 35.9 Å². The van der Waals surface area contributed by atoms with Crippen LogP contribution in [0.3, 0.4) is 0 Å². The number of hydrogen-bond donors (Lipinski definition) is 2. The van der Waals surface area contributed by atoms with Gasteiger partial charge in [0.1, 0.15) is 23.9 Å². The Morgan fingerprint density at radius 2 is 1.97 bits per heavy atom. The van der Waals surface area contributed by atoms with Gasteiger partial charge in [0.2, 0.25) is 0 Å². The molecule has 2 heterocycles. The lowest BCUT2D eigenvalue weighted by Gasteiger charge is -2.23. The van der Waals surface area contributed by atoms with E-state index < -0.39 is 0 Å². The van der Waals surface area contributed by atoms with Gasteiger partial charge < -0.3 is 24.7 Å². The van der Waals surface area contributed by atoms with Gasteiger partial charge in [-0.3, -0.25) is 0 Å². The zero-order valence-corrected chi connectivity index (χ0v) is 22.4. The summed E-state index contributed by atoms with van der Waals surface area (Å²) in [5, 5.41) is 15.4. The number of aromatic nitrogens is 3. The third-order valence-electron chi connectivity index (χ3n) is 6.13. The topological polar surface area (TPSA) is 85.6 Å². The first-order valence-electron chi connectivity index (χ1n) is 11.3. The van der Waals surface area contributed by atoms with Crippen molar-refractivity contribution in [3.05, 3.63) is 71.3 Å². The van der Waals surface area contributed by atoms with Gasteiger partial charge in [-0.25, -0.2) is 4.99 Å². The van der Waals surface area contributed by atoms with E-state index in [0.29, 0.717) is 13.2 Å². The van der Waals surface area contributed by atoms with Crippen molar-refractivity contribution in [2.45, 2.75) is 38.8 Å². The number of rotatable bonds is 8. The number of halogens is 1. The molecule has 0 radical (unpaired) electrons. The number of hydrogen-bond acceptors (Lipinski definition) is 5. The maximum Gasteiger partial charge on any atom is 0.191 e. The smallest absolute Gasteiger partial charge is 0.191 e. The Morgan fingerprint density at radius 3 is 2.68 bits per heavy atom. The van der Waals surface area contributed by atoms with E-state index in [1.54, 1.807) is 7.11 Å². The third-order valence-corrected chi connectivity index (χ3v) is 6.13. The average molecular weight is 576 g/mol. The second-order valence-corrected chi connectivity index (χ2v) is 8.30. The highest BCUT2D eigenvalue weighted by Gasteiger charge is 2.29. The molecule has 0 saturated heterocycles. The molecule has 3 aromatic rings. The molecule has 2 aromatic carbocycles. The van der Waals surface area contributed by atoms with Gasteiger partial charge in [0, 0.05) is 31.1 Å². The maximum atomic E-state index is 5.89. The lowest BCUT2D eigenvalue weighted by Crippen LogP contribution is -2.45. The minimum absolute atomic E-state index is 0. The summed E-state index contributed by atoms with van der Waals surface area (Å²) in [5.41, 5.74) is 2.47. The molecule has 1 aliphatic heterocycles. The summed E-state index contributed by atoms with van der Waals surface area (Å²) in [5.74, 6) is 4.54. The van der Waals surface area contributed by atoms with Gasteiger partial charge in [0.25, 0.3) is 0 Å². The largest absolute Gasteiger partial charge is 0.497 e. The predicted molar refractivity (Wildman–Crippen MR) is 144 cm³/mol. The number of ether oxygens (including phenoxy) is 2. The van der Waals surface area contributed by atoms with Gasteiger partial charge >= 0.3 is 0 Å². The number of nitrogens with one attached hydrogen (secondary N) is 2. The van der Waals surface area contributed by atoms with E-state index in [4.69, 9.17) is 14.5 Å². The monoisotopic (exact) mass is 576 g/mol. The van der Waals surface area contributed by atoms with Gasteiger partial charge in [0.15, 0.2) is 11.8 Å². The summed E-state index contributed by atoms with van der Waals surface area (Å²) in [7, 11) is 3.64. The lowest BCUT2D eigenvalue weighted by atomic mass is 9.94. The van der Waals surface area contributed by atoms with Gasteiger partial charge in [-0.2, -0.15) is 0 Å². The normalized spacial score (nSPS) is 15.6. The molecular weight excluding hydrogens is 543 g/mol. The van der Waals surface area contributed by atoms with Crippen LogP contribution in [0.25, 0.3) is 0 Å². The van der Waals surface area contributed by atoms with Crippen molar-refractivity contribution in [3.63, 3.8) is 0 Å². The van der Waals surface area contributed by atoms with Gasteiger partial charge in [-0.05, 0) is 44.0 Å². The van der Waals surface area contributed by atoms with Crippen molar-refractivity contribution in [1.82, 2.24) is 25.4 Å². The molecule has 1 aromatic heterocycles. The van der Waals surface area contributed by atoms with Crippen LogP contribution in [-0.2, 0) is 20.0 Å². The van der Waals surface area contributed by atoms with E-state index in [0.717, 1.165) is 42.1 Å². The molecule has 2 unspecified atom stereocenters. The highest BCUT2D eigenvalue weighted by atomic mass is 127. The highest BCUT2D eigenvalue weighted by molar-refractivity contribution is 14.0. The van der Waals surface area contributed by atoms with Crippen LogP contribution in [0.5, 0.6) is 11.5 Å². The Hall–Kier alpha value is -2.82. The standard InChI is InChI=1S/C25H32N6O2.HI/c1-17(22-16-33-23-8-6-5-7-21(22)23)28-25(27-15-24-30-29-18(2)31(24)3)26-14-13-19-9-11-20(32-4)12-10-19;/h5-12,17,22H,13-16H2,1-4H3,(H2,26,27,28);1H. The number of nitrogens with zero attached hydrogens (tertiary/aromatic N) is 4. The summed E-state index contributed by atoms with van der Waals surface area (Å²) in [6.45, 7) is 5.96. The Kier molecular flexibility index (Phi) is 9.14. The molecule has 2 N–H and O–H groups in total. The highest BCUT2D eigenvalue weighted by Crippen LogP contribution is 2.35. The first-order valence-corrected chi connectivity index (χ1v) is 11.3. The summed E-state index contributed by atoms with van der Waals surface area (Å²) in [6, 6.07) is 16.5. The molecule has 34 heavy (non-hydrogen) atoms. The zero-order valence-electron chi connectivity index (χ0n) is 20.1. The van der Waals surface area contributed by atoms with Crippen molar-refractivity contribution in [2.75, 3.05) is 20.3 Å². The van der Waals surface area contributed by atoms with Crippen LogP contribution >= 0.6 is 24.0 Å². The van der Waals surface area contributed by atoms with E-state index >= 15 is 0 Å². The summed E-state index contributed by atoms with van der Waals surface area (Å²) in [6.07, 6.45) is 0.873. The van der Waals surface area contributed by atoms with E-state index in [1.807, 2.05) is 42.8 Å². The molecule has 8 nitrogen and oxygen atoms in total. The van der Waals surface area contributed by atoms with Crippen LogP contribution in [0.4, 0.5) is 0 Å². The molecular formula is C25H33IN6O2. The summed E-state index contributed by atoms with van der Waals surface area (Å²) < 4.78 is 13.1. The number of benzene rings is 2. The van der Waals surface area contributed by atoms with Crippen molar-refractivity contribution in [1.29, 1.82) is 0 Å². The van der Waals surface area contributed by atoms with Crippen LogP contribution in [0.2, 0.25) is 0 Å². The fourth-order valence-corrected chi connectivity index (χ4v) is 3.93. The molecule has 0 bridgehead atoms. The third kappa shape index (κ3) is 6.19. The number of guanidine groups is 1. The Bertz CT molecular complexity index is 1100. The van der Waals surface area contributed by atoms with Crippen molar-refractivity contribution in [2.24, 2.45) is 12.0 Å². The number of para-hydroxylation sites is 1. The molecule has 4 rings (SSSR count). The van der Waals surface area contributed by atoms with Crippen molar-refractivity contribution < 1.29 is 9.47 Å². The second kappa shape index (κ2) is 12.0. The number of fused-ring (bicyclic) bond motifs is 1. The molecule has 0 amide bonds. The zero-order chi connectivity index (χ0) is 23.2. The molecule has 2 atom stereocenters. The number of aryl methyl sites for hydroxylation is 1. The summed E-state index contributed by atoms with van der Waals surface area (Å²) in [4.78, 5) is 4.80. The number of aliphatic imine (C=N–C) groups is 1. The SMILES string of the molecule is COc1ccc(CCNC(=NCc2nnc(C)n2C)NC(C)C2COc3ccccc32)cc1.I. The van der Waals surface area contributed by atoms with E-state index in [2.05, 4.69) is 52.0 Å². The molecule has 9 heteroatoms. The van der Waals surface area contributed by atoms with Crippen LogP contribution < -0.4 is 20.1 Å². The number of methoxy groups -OCH3 is 1. The quantitative estimate of drug-likeness (QED) is 0.242. The van der Waals surface area contributed by atoms with Gasteiger partial charge in [0.05, 0.1) is 13.7 Å². The van der Waals surface area contributed by atoms with Crippen LogP contribution in [0.1, 0.15) is 35.6 Å². The van der Waals surface area contributed by atoms with Crippen molar-refractivity contribution in [3.8, 4) is 11.5 Å². The van der Waals surface area contributed by atoms with E-state index in [1.165, 1.54) is 11.1 Å². The lowest BCUT2D eigenvalue weighted by molar-refractivity contribution is 0.312. The fourth-order valence-electron chi connectivity index (χ4n) is 3.93. The molecule has 1 aliphatic rings. The molecule has 182 valence electrons. The molecule has 0 spiro atoms. The first kappa shape index (κ1) is 25.8. The van der Waals surface area contributed by atoms with Crippen LogP contribution in [0.15, 0.2) is 53.5 Å². The minimum Gasteiger partial charge on any atom is -0.497 e. The maximum absolute atomic E-state index is 5.89. The minimum atomic E-state index is 0. The molecule has 0 aliphatic carbocycles. The summed E-state index contributed by atoms with van der Waals surface area (Å²) >= 11 is 0. The Balaban J connectivity index is 0.00000324. The van der Waals surface area contributed by atoms with Crippen LogP contribution in [-0.4, -0.2) is 47.0 Å². The Labute approximate surface area is 218 Å². The predicted octanol–water partition coefficient (Wildman–Crippen LogP) is 3.59. The molecule has 0 saturated carbocycles. The fraction of sp³-hybridized carbons (Fsp3) is 0.400. The van der Waals surface area contributed by atoms with Gasteiger partial charge in [-0.15, -0.1) is 34.2 Å². The van der Waals surface area contributed by atoms with Crippen LogP contribution in [0, 0.1) is 6.92 Å². The van der Waals surface area contributed by atoms with Gasteiger partial charge in [-0.1, -0.05) is 30.3 Å². The second-order valence-electron chi connectivity index (χ2n) is 8.30. The van der Waals surface area contributed by atoms with E-state index in [9.17, 15) is 0 Å². The molecule has 0 fully saturated rings. The Morgan fingerprint density at radius 1 is 1.21 bits per heavy atom. The van der Waals surface area contributed by atoms with Crippen molar-refractivity contribution >= 4 is 29.9 Å². The average Bonchev–Trinajstić information content (AvgIpc) is 3.41.